The molecule has 0 atom stereocenters. The minimum Gasteiger partial charge on any atom is -0.455 e. The van der Waals surface area contributed by atoms with Crippen molar-refractivity contribution in [1.29, 1.82) is 0 Å². The minimum atomic E-state index is -0.465. The average molecular weight is 396 g/mol. The first-order chi connectivity index (χ1) is 13.9. The summed E-state index contributed by atoms with van der Waals surface area (Å²) in [4.78, 5) is 22.6. The third kappa shape index (κ3) is 5.25. The maximum Gasteiger partial charge on any atom is 0.280 e. The molecule has 0 spiro atoms. The number of carbonyl (C=O) groups is 1. The highest BCUT2D eigenvalue weighted by Gasteiger charge is 2.18. The zero-order chi connectivity index (χ0) is 20.8. The number of halogens is 1. The Bertz CT molecular complexity index is 1060. The van der Waals surface area contributed by atoms with E-state index >= 15 is 0 Å². The molecule has 1 amide bonds. The third-order valence-electron chi connectivity index (χ3n) is 3.92. The molecule has 0 unspecified atom stereocenters. The Kier molecular flexibility index (Phi) is 5.98. The van der Waals surface area contributed by atoms with Crippen molar-refractivity contribution in [3.63, 3.8) is 0 Å². The fourth-order valence-corrected chi connectivity index (χ4v) is 2.53. The van der Waals surface area contributed by atoms with E-state index in [9.17, 15) is 19.3 Å². The smallest absolute Gasteiger partial charge is 0.280 e. The Morgan fingerprint density at radius 2 is 1.97 bits per heavy atom. The van der Waals surface area contributed by atoms with Crippen LogP contribution in [0.25, 0.3) is 11.3 Å². The molecular weight excluding hydrogens is 379 g/mol. The zero-order valence-electron chi connectivity index (χ0n) is 15.4. The molecule has 1 aromatic heterocycles. The summed E-state index contributed by atoms with van der Waals surface area (Å²) in [5.41, 5.74) is 3.99. The average Bonchev–Trinajstić information content (AvgIpc) is 3.16. The molecule has 3 aromatic rings. The number of furan rings is 1. The highest BCUT2D eigenvalue weighted by Crippen LogP contribution is 2.31. The highest BCUT2D eigenvalue weighted by atomic mass is 19.1. The Hall–Kier alpha value is -4.01. The van der Waals surface area contributed by atoms with Crippen molar-refractivity contribution in [3.05, 3.63) is 81.9 Å². The van der Waals surface area contributed by atoms with Crippen LogP contribution in [0.1, 0.15) is 11.3 Å². The molecule has 1 heterocycles. The number of carbonyl (C=O) groups excluding carboxylic acids is 1. The summed E-state index contributed by atoms with van der Waals surface area (Å²) in [7, 11) is 0. The van der Waals surface area contributed by atoms with Gasteiger partial charge >= 0.3 is 0 Å². The van der Waals surface area contributed by atoms with Gasteiger partial charge in [0, 0.05) is 11.8 Å². The third-order valence-corrected chi connectivity index (χ3v) is 3.92. The monoisotopic (exact) mass is 396 g/mol. The molecule has 2 aromatic carbocycles. The van der Waals surface area contributed by atoms with E-state index in [0.29, 0.717) is 22.8 Å². The molecule has 148 valence electrons. The largest absolute Gasteiger partial charge is 0.455 e. The second-order valence-corrected chi connectivity index (χ2v) is 6.13. The number of nitrogens with one attached hydrogen (secondary N) is 2. The topological polar surface area (TPSA) is 110 Å². The second-order valence-electron chi connectivity index (χ2n) is 6.13. The summed E-state index contributed by atoms with van der Waals surface area (Å²) in [6, 6.07) is 13.6. The van der Waals surface area contributed by atoms with Gasteiger partial charge in [0.1, 0.15) is 17.3 Å². The Labute approximate surface area is 165 Å². The van der Waals surface area contributed by atoms with Crippen LogP contribution < -0.4 is 10.7 Å². The maximum absolute atomic E-state index is 12.8. The molecule has 0 aliphatic rings. The van der Waals surface area contributed by atoms with Crippen molar-refractivity contribution in [3.8, 4) is 11.3 Å². The molecule has 0 aliphatic carbocycles. The van der Waals surface area contributed by atoms with Crippen LogP contribution in [0.2, 0.25) is 0 Å². The van der Waals surface area contributed by atoms with Gasteiger partial charge in [-0.05, 0) is 55.0 Å². The molecule has 29 heavy (non-hydrogen) atoms. The van der Waals surface area contributed by atoms with Gasteiger partial charge in [0.05, 0.1) is 23.2 Å². The first-order valence-electron chi connectivity index (χ1n) is 8.59. The molecule has 0 saturated carbocycles. The van der Waals surface area contributed by atoms with Crippen molar-refractivity contribution >= 4 is 23.5 Å². The van der Waals surface area contributed by atoms with Crippen LogP contribution in [-0.2, 0) is 4.79 Å². The normalized spacial score (nSPS) is 10.8. The SMILES string of the molecule is Cc1ccc(-c2ccc(/C=N\NC(=O)CNc3ccc(F)cc3)o2)c([N+](=O)[O-])c1. The summed E-state index contributed by atoms with van der Waals surface area (Å²) < 4.78 is 18.4. The molecule has 0 radical (unpaired) electrons. The van der Waals surface area contributed by atoms with E-state index in [2.05, 4.69) is 15.8 Å². The van der Waals surface area contributed by atoms with E-state index in [1.54, 1.807) is 31.2 Å². The second kappa shape index (κ2) is 8.79. The summed E-state index contributed by atoms with van der Waals surface area (Å²) in [5.74, 6) is -0.131. The van der Waals surface area contributed by atoms with Gasteiger partial charge in [0.2, 0.25) is 0 Å². The molecule has 0 fully saturated rings. The minimum absolute atomic E-state index is 0.0528. The fourth-order valence-electron chi connectivity index (χ4n) is 2.53. The number of anilines is 1. The fraction of sp³-hybridized carbons (Fsp3) is 0.100. The van der Waals surface area contributed by atoms with E-state index in [1.165, 1.54) is 36.5 Å². The molecule has 0 saturated heterocycles. The summed E-state index contributed by atoms with van der Waals surface area (Å²) >= 11 is 0. The molecule has 9 heteroatoms. The molecule has 0 aliphatic heterocycles. The first kappa shape index (κ1) is 19.7. The van der Waals surface area contributed by atoms with Gasteiger partial charge in [-0.2, -0.15) is 5.10 Å². The van der Waals surface area contributed by atoms with Gasteiger partial charge in [-0.15, -0.1) is 0 Å². The first-order valence-corrected chi connectivity index (χ1v) is 8.59. The maximum atomic E-state index is 12.8. The van der Waals surface area contributed by atoms with Crippen LogP contribution in [0.3, 0.4) is 0 Å². The number of benzene rings is 2. The van der Waals surface area contributed by atoms with Crippen LogP contribution in [0.5, 0.6) is 0 Å². The quantitative estimate of drug-likeness (QED) is 0.358. The standard InChI is InChI=1S/C20H17FN4O4/c1-13-2-8-17(18(10-13)25(27)28)19-9-7-16(29-19)11-23-24-20(26)12-22-15-5-3-14(21)4-6-15/h2-11,22H,12H2,1H3,(H,24,26)/b23-11-. The van der Waals surface area contributed by atoms with E-state index in [4.69, 9.17) is 4.42 Å². The van der Waals surface area contributed by atoms with Crippen molar-refractivity contribution in [1.82, 2.24) is 5.43 Å². The number of amides is 1. The zero-order valence-corrected chi connectivity index (χ0v) is 15.4. The van der Waals surface area contributed by atoms with Gasteiger partial charge in [-0.1, -0.05) is 6.07 Å². The number of rotatable bonds is 7. The predicted molar refractivity (Wildman–Crippen MR) is 106 cm³/mol. The van der Waals surface area contributed by atoms with Crippen LogP contribution in [-0.4, -0.2) is 23.6 Å². The summed E-state index contributed by atoms with van der Waals surface area (Å²) in [6.45, 7) is 1.71. The molecule has 3 rings (SSSR count). The lowest BCUT2D eigenvalue weighted by Gasteiger charge is -2.04. The predicted octanol–water partition coefficient (Wildman–Crippen LogP) is 3.86. The van der Waals surface area contributed by atoms with E-state index in [0.717, 1.165) is 5.56 Å². The van der Waals surface area contributed by atoms with Gasteiger partial charge in [-0.25, -0.2) is 9.82 Å². The Balaban J connectivity index is 1.59. The summed E-state index contributed by atoms with van der Waals surface area (Å²) in [5, 5.41) is 17.9. The lowest BCUT2D eigenvalue weighted by atomic mass is 10.1. The highest BCUT2D eigenvalue weighted by molar-refractivity contribution is 5.83. The van der Waals surface area contributed by atoms with Gasteiger partial charge in [-0.3, -0.25) is 14.9 Å². The number of nitrogens with zero attached hydrogens (tertiary/aromatic N) is 2. The van der Waals surface area contributed by atoms with Gasteiger partial charge in [0.25, 0.3) is 11.6 Å². The van der Waals surface area contributed by atoms with Crippen molar-refractivity contribution in [2.24, 2.45) is 5.10 Å². The van der Waals surface area contributed by atoms with Crippen molar-refractivity contribution in [2.75, 3.05) is 11.9 Å². The Morgan fingerprint density at radius 3 is 2.69 bits per heavy atom. The lowest BCUT2D eigenvalue weighted by molar-refractivity contribution is -0.384. The molecule has 2 N–H and O–H groups in total. The van der Waals surface area contributed by atoms with E-state index in [-0.39, 0.29) is 18.0 Å². The number of nitro groups is 1. The molecule has 8 nitrogen and oxygen atoms in total. The number of aryl methyl sites for hydroxylation is 1. The van der Waals surface area contributed by atoms with Crippen molar-refractivity contribution in [2.45, 2.75) is 6.92 Å². The molecule has 0 bridgehead atoms. The van der Waals surface area contributed by atoms with E-state index in [1.807, 2.05) is 0 Å². The van der Waals surface area contributed by atoms with Crippen LogP contribution in [0.15, 0.2) is 64.1 Å². The molecular formula is C20H17FN4O4. The Morgan fingerprint density at radius 1 is 1.21 bits per heavy atom. The van der Waals surface area contributed by atoms with E-state index < -0.39 is 10.8 Å². The number of hydrazone groups is 1. The van der Waals surface area contributed by atoms with Gasteiger partial charge in [0.15, 0.2) is 0 Å². The number of hydrogen-bond donors (Lipinski definition) is 2. The number of hydrogen-bond acceptors (Lipinski definition) is 6. The van der Waals surface area contributed by atoms with Crippen LogP contribution in [0.4, 0.5) is 15.8 Å². The van der Waals surface area contributed by atoms with Crippen molar-refractivity contribution < 1.29 is 18.5 Å². The van der Waals surface area contributed by atoms with Crippen LogP contribution >= 0.6 is 0 Å². The van der Waals surface area contributed by atoms with Crippen LogP contribution in [0, 0.1) is 22.9 Å². The summed E-state index contributed by atoms with van der Waals surface area (Å²) in [6.07, 6.45) is 1.29. The number of nitro benzene ring substituents is 1. The van der Waals surface area contributed by atoms with Gasteiger partial charge < -0.3 is 9.73 Å². The lowest BCUT2D eigenvalue weighted by Crippen LogP contribution is -2.25.